The number of carbonyl (C=O) groups excluding carboxylic acids is 1. The Labute approximate surface area is 144 Å². The third-order valence-corrected chi connectivity index (χ3v) is 3.81. The number of aromatic amines is 1. The summed E-state index contributed by atoms with van der Waals surface area (Å²) in [7, 11) is 1.78. The number of H-pyrrole nitrogens is 1. The van der Waals surface area contributed by atoms with Crippen molar-refractivity contribution in [3.8, 4) is 0 Å². The van der Waals surface area contributed by atoms with Gasteiger partial charge in [-0.05, 0) is 31.0 Å². The largest absolute Gasteiger partial charge is 0.352 e. The van der Waals surface area contributed by atoms with E-state index in [4.69, 9.17) is 0 Å². The van der Waals surface area contributed by atoms with Gasteiger partial charge in [0, 0.05) is 13.1 Å². The van der Waals surface area contributed by atoms with Crippen molar-refractivity contribution < 1.29 is 9.18 Å². The number of rotatable bonds is 6. The number of hydrogen-bond acceptors (Lipinski definition) is 5. The van der Waals surface area contributed by atoms with Crippen molar-refractivity contribution in [3.05, 3.63) is 48.3 Å². The highest BCUT2D eigenvalue weighted by molar-refractivity contribution is 5.87. The molecule has 0 spiro atoms. The Morgan fingerprint density at radius 2 is 2.04 bits per heavy atom. The molecule has 0 aliphatic carbocycles. The summed E-state index contributed by atoms with van der Waals surface area (Å²) in [5, 5.41) is 2.94. The molecule has 0 saturated heterocycles. The Balaban J connectivity index is 1.58. The topological polar surface area (TPSA) is 86.8 Å². The van der Waals surface area contributed by atoms with Crippen molar-refractivity contribution in [2.24, 2.45) is 0 Å². The maximum Gasteiger partial charge on any atom is 0.239 e. The highest BCUT2D eigenvalue weighted by Gasteiger charge is 2.15. The van der Waals surface area contributed by atoms with Crippen molar-refractivity contribution in [2.75, 3.05) is 18.5 Å². The molecule has 1 atom stereocenters. The molecule has 0 aliphatic heterocycles. The molecule has 0 aliphatic rings. The molecule has 130 valence electrons. The summed E-state index contributed by atoms with van der Waals surface area (Å²) >= 11 is 0. The molecular formula is C17H19FN6O. The van der Waals surface area contributed by atoms with Crippen LogP contribution in [0, 0.1) is 5.82 Å². The second-order valence-electron chi connectivity index (χ2n) is 5.95. The number of benzene rings is 1. The van der Waals surface area contributed by atoms with E-state index in [1.807, 2.05) is 6.92 Å². The molecule has 25 heavy (non-hydrogen) atoms. The van der Waals surface area contributed by atoms with Crippen molar-refractivity contribution in [1.29, 1.82) is 0 Å². The number of carbonyl (C=O) groups is 1. The molecule has 2 heterocycles. The normalized spacial score (nSPS) is 12.1. The standard InChI is InChI=1S/C17H19FN6O/c1-11(7-12-3-5-13(18)6-4-12)23-14(25)8-24(2)17-15-16(20-9-19-15)21-10-22-17/h3-6,9-11H,7-8H2,1-2H3,(H,23,25)(H,19,20,21,22)/t11-/m0/s1. The van der Waals surface area contributed by atoms with Gasteiger partial charge in [0.15, 0.2) is 11.5 Å². The van der Waals surface area contributed by atoms with Crippen LogP contribution in [0.1, 0.15) is 12.5 Å². The molecule has 0 unspecified atom stereocenters. The molecule has 7 nitrogen and oxygen atoms in total. The number of anilines is 1. The van der Waals surface area contributed by atoms with Crippen LogP contribution in [0.4, 0.5) is 10.2 Å². The highest BCUT2D eigenvalue weighted by Crippen LogP contribution is 2.17. The van der Waals surface area contributed by atoms with Crippen LogP contribution in [-0.2, 0) is 11.2 Å². The lowest BCUT2D eigenvalue weighted by molar-refractivity contribution is -0.120. The Kier molecular flexibility index (Phi) is 4.87. The molecule has 2 aromatic heterocycles. The van der Waals surface area contributed by atoms with Gasteiger partial charge in [0.05, 0.1) is 12.9 Å². The summed E-state index contributed by atoms with van der Waals surface area (Å²) in [6.45, 7) is 2.07. The number of fused-ring (bicyclic) bond motifs is 1. The molecule has 3 aromatic rings. The van der Waals surface area contributed by atoms with Gasteiger partial charge in [-0.15, -0.1) is 0 Å². The van der Waals surface area contributed by atoms with Crippen molar-refractivity contribution >= 4 is 22.9 Å². The summed E-state index contributed by atoms with van der Waals surface area (Å²) in [6.07, 6.45) is 3.60. The van der Waals surface area contributed by atoms with Crippen LogP contribution in [-0.4, -0.2) is 45.5 Å². The minimum Gasteiger partial charge on any atom is -0.352 e. The third kappa shape index (κ3) is 4.09. The van der Waals surface area contributed by atoms with Crippen LogP contribution in [0.3, 0.4) is 0 Å². The number of nitrogens with one attached hydrogen (secondary N) is 2. The summed E-state index contributed by atoms with van der Waals surface area (Å²) in [5.74, 6) is 0.226. The Morgan fingerprint density at radius 3 is 2.80 bits per heavy atom. The number of hydrogen-bond donors (Lipinski definition) is 2. The monoisotopic (exact) mass is 342 g/mol. The summed E-state index contributed by atoms with van der Waals surface area (Å²) in [5.41, 5.74) is 2.22. The fraction of sp³-hybridized carbons (Fsp3) is 0.294. The Bertz CT molecular complexity index is 863. The number of imidazole rings is 1. The van der Waals surface area contributed by atoms with Crippen LogP contribution in [0.25, 0.3) is 11.2 Å². The van der Waals surface area contributed by atoms with E-state index in [0.29, 0.717) is 23.4 Å². The maximum atomic E-state index is 12.9. The fourth-order valence-electron chi connectivity index (χ4n) is 2.68. The van der Waals surface area contributed by atoms with Crippen LogP contribution in [0.5, 0.6) is 0 Å². The van der Waals surface area contributed by atoms with E-state index in [0.717, 1.165) is 5.56 Å². The van der Waals surface area contributed by atoms with Gasteiger partial charge in [0.25, 0.3) is 0 Å². The van der Waals surface area contributed by atoms with Crippen LogP contribution in [0.15, 0.2) is 36.9 Å². The molecule has 0 radical (unpaired) electrons. The van der Waals surface area contributed by atoms with Gasteiger partial charge in [-0.3, -0.25) is 4.79 Å². The molecule has 1 aromatic carbocycles. The minimum atomic E-state index is -0.267. The van der Waals surface area contributed by atoms with E-state index in [1.165, 1.54) is 18.5 Å². The van der Waals surface area contributed by atoms with Gasteiger partial charge in [-0.1, -0.05) is 12.1 Å². The van der Waals surface area contributed by atoms with Crippen LogP contribution >= 0.6 is 0 Å². The first-order chi connectivity index (χ1) is 12.0. The molecule has 2 N–H and O–H groups in total. The Morgan fingerprint density at radius 1 is 1.28 bits per heavy atom. The zero-order valence-corrected chi connectivity index (χ0v) is 14.0. The van der Waals surface area contributed by atoms with Crippen LogP contribution < -0.4 is 10.2 Å². The van der Waals surface area contributed by atoms with Gasteiger partial charge in [-0.25, -0.2) is 19.3 Å². The number of nitrogens with zero attached hydrogens (tertiary/aromatic N) is 4. The third-order valence-electron chi connectivity index (χ3n) is 3.81. The lowest BCUT2D eigenvalue weighted by atomic mass is 10.1. The summed E-state index contributed by atoms with van der Waals surface area (Å²) in [6, 6.07) is 6.22. The molecule has 8 heteroatoms. The molecule has 0 bridgehead atoms. The molecular weight excluding hydrogens is 323 g/mol. The summed E-state index contributed by atoms with van der Waals surface area (Å²) in [4.78, 5) is 29.3. The SMILES string of the molecule is C[C@@H](Cc1ccc(F)cc1)NC(=O)CN(C)c1ncnc2nc[nH]c12. The average Bonchev–Trinajstić information content (AvgIpc) is 3.05. The second kappa shape index (κ2) is 7.25. The smallest absolute Gasteiger partial charge is 0.239 e. The van der Waals surface area contributed by atoms with E-state index in [-0.39, 0.29) is 24.3 Å². The van der Waals surface area contributed by atoms with Gasteiger partial charge < -0.3 is 15.2 Å². The number of aromatic nitrogens is 4. The minimum absolute atomic E-state index is 0.0658. The first kappa shape index (κ1) is 16.8. The number of halogens is 1. The van der Waals surface area contributed by atoms with Crippen molar-refractivity contribution in [1.82, 2.24) is 25.3 Å². The van der Waals surface area contributed by atoms with Gasteiger partial charge in [0.2, 0.25) is 5.91 Å². The van der Waals surface area contributed by atoms with E-state index in [1.54, 1.807) is 30.4 Å². The zero-order chi connectivity index (χ0) is 17.8. The van der Waals surface area contributed by atoms with Gasteiger partial charge in [-0.2, -0.15) is 0 Å². The second-order valence-corrected chi connectivity index (χ2v) is 5.95. The van der Waals surface area contributed by atoms with E-state index in [9.17, 15) is 9.18 Å². The maximum absolute atomic E-state index is 12.9. The molecule has 0 fully saturated rings. The Hall–Kier alpha value is -3.03. The zero-order valence-electron chi connectivity index (χ0n) is 14.0. The predicted octanol–water partition coefficient (Wildman–Crippen LogP) is 1.68. The number of amides is 1. The van der Waals surface area contributed by atoms with E-state index < -0.39 is 0 Å². The fourth-order valence-corrected chi connectivity index (χ4v) is 2.68. The highest BCUT2D eigenvalue weighted by atomic mass is 19.1. The molecule has 1 amide bonds. The van der Waals surface area contributed by atoms with E-state index in [2.05, 4.69) is 25.3 Å². The van der Waals surface area contributed by atoms with Crippen molar-refractivity contribution in [3.63, 3.8) is 0 Å². The summed E-state index contributed by atoms with van der Waals surface area (Å²) < 4.78 is 12.9. The van der Waals surface area contributed by atoms with Gasteiger partial charge in [0.1, 0.15) is 17.7 Å². The predicted molar refractivity (Wildman–Crippen MR) is 92.7 cm³/mol. The van der Waals surface area contributed by atoms with E-state index >= 15 is 0 Å². The average molecular weight is 342 g/mol. The quantitative estimate of drug-likeness (QED) is 0.712. The first-order valence-corrected chi connectivity index (χ1v) is 7.92. The van der Waals surface area contributed by atoms with Gasteiger partial charge >= 0.3 is 0 Å². The van der Waals surface area contributed by atoms with Crippen LogP contribution in [0.2, 0.25) is 0 Å². The molecule has 0 saturated carbocycles. The van der Waals surface area contributed by atoms with Crippen molar-refractivity contribution in [2.45, 2.75) is 19.4 Å². The number of likely N-dealkylation sites (N-methyl/N-ethyl adjacent to an activating group) is 1. The lowest BCUT2D eigenvalue weighted by Crippen LogP contribution is -2.41. The first-order valence-electron chi connectivity index (χ1n) is 7.92. The molecule has 3 rings (SSSR count). The lowest BCUT2D eigenvalue weighted by Gasteiger charge is -2.20.